The number of carbonyl (C=O) groups excluding carboxylic acids is 1. The van der Waals surface area contributed by atoms with Gasteiger partial charge in [0.2, 0.25) is 5.91 Å². The van der Waals surface area contributed by atoms with Gasteiger partial charge < -0.3 is 5.32 Å². The van der Waals surface area contributed by atoms with Crippen LogP contribution in [0.4, 0.5) is 5.13 Å². The van der Waals surface area contributed by atoms with Crippen molar-refractivity contribution in [3.63, 3.8) is 0 Å². The number of halogens is 1. The van der Waals surface area contributed by atoms with Crippen LogP contribution in [-0.2, 0) is 17.8 Å². The molecule has 4 rings (SSSR count). The van der Waals surface area contributed by atoms with Gasteiger partial charge in [0, 0.05) is 22.5 Å². The topological polar surface area (TPSA) is 76.9 Å². The zero-order valence-corrected chi connectivity index (χ0v) is 17.2. The van der Waals surface area contributed by atoms with E-state index in [0.717, 1.165) is 21.0 Å². The van der Waals surface area contributed by atoms with Crippen LogP contribution in [0.1, 0.15) is 16.0 Å². The molecule has 0 aliphatic carbocycles. The van der Waals surface area contributed by atoms with Crippen molar-refractivity contribution < 1.29 is 4.79 Å². The Morgan fingerprint density at radius 2 is 2.14 bits per heavy atom. The highest BCUT2D eigenvalue weighted by Gasteiger charge is 2.12. The zero-order valence-electron chi connectivity index (χ0n) is 14.8. The molecule has 0 aliphatic rings. The summed E-state index contributed by atoms with van der Waals surface area (Å²) in [6.45, 7) is 1.85. The normalized spacial score (nSPS) is 11.1. The minimum atomic E-state index is -0.326. The molecule has 3 aromatic heterocycles. The van der Waals surface area contributed by atoms with E-state index in [9.17, 15) is 9.59 Å². The van der Waals surface area contributed by atoms with Gasteiger partial charge in [0.15, 0.2) is 5.13 Å². The van der Waals surface area contributed by atoms with E-state index < -0.39 is 0 Å². The fraction of sp³-hybridized carbons (Fsp3) is 0.158. The predicted molar refractivity (Wildman–Crippen MR) is 114 cm³/mol. The highest BCUT2D eigenvalue weighted by molar-refractivity contribution is 7.16. The molecule has 0 aliphatic heterocycles. The van der Waals surface area contributed by atoms with Crippen LogP contribution in [0, 0.1) is 6.92 Å². The van der Waals surface area contributed by atoms with Crippen molar-refractivity contribution in [2.24, 2.45) is 0 Å². The van der Waals surface area contributed by atoms with Crippen molar-refractivity contribution in [2.45, 2.75) is 19.9 Å². The summed E-state index contributed by atoms with van der Waals surface area (Å²) in [5.74, 6) is -0.326. The number of thiazole rings is 1. The molecule has 0 bridgehead atoms. The quantitative estimate of drug-likeness (QED) is 0.517. The average Bonchev–Trinajstić information content (AvgIpc) is 3.31. The van der Waals surface area contributed by atoms with Crippen LogP contribution < -0.4 is 10.9 Å². The molecule has 4 aromatic rings. The van der Waals surface area contributed by atoms with Gasteiger partial charge >= 0.3 is 0 Å². The summed E-state index contributed by atoms with van der Waals surface area (Å²) >= 11 is 9.13. The number of anilines is 1. The molecule has 1 amide bonds. The van der Waals surface area contributed by atoms with Gasteiger partial charge in [0.05, 0.1) is 11.7 Å². The highest BCUT2D eigenvalue weighted by atomic mass is 35.5. The van der Waals surface area contributed by atoms with E-state index in [-0.39, 0.29) is 18.0 Å². The molecule has 0 spiro atoms. The molecule has 28 heavy (non-hydrogen) atoms. The highest BCUT2D eigenvalue weighted by Crippen LogP contribution is 2.26. The van der Waals surface area contributed by atoms with Crippen molar-refractivity contribution in [2.75, 3.05) is 5.32 Å². The number of nitrogens with zero attached hydrogens (tertiary/aromatic N) is 3. The van der Waals surface area contributed by atoms with Gasteiger partial charge in [-0.25, -0.2) is 9.97 Å². The molecule has 0 saturated heterocycles. The lowest BCUT2D eigenvalue weighted by molar-refractivity contribution is -0.116. The van der Waals surface area contributed by atoms with E-state index in [0.29, 0.717) is 21.8 Å². The molecule has 3 heterocycles. The largest absolute Gasteiger partial charge is 0.300 e. The number of hydrogen-bond donors (Lipinski definition) is 1. The molecule has 142 valence electrons. The van der Waals surface area contributed by atoms with Crippen LogP contribution in [0.25, 0.3) is 10.2 Å². The Bertz CT molecular complexity index is 1230. The van der Waals surface area contributed by atoms with E-state index in [4.69, 9.17) is 11.6 Å². The van der Waals surface area contributed by atoms with E-state index in [2.05, 4.69) is 15.3 Å². The lowest BCUT2D eigenvalue weighted by Crippen LogP contribution is -2.27. The van der Waals surface area contributed by atoms with Gasteiger partial charge in [-0.05, 0) is 29.5 Å². The molecule has 0 radical (unpaired) electrons. The summed E-state index contributed by atoms with van der Waals surface area (Å²) in [5.41, 5.74) is 1.82. The number of benzene rings is 1. The van der Waals surface area contributed by atoms with Crippen LogP contribution in [0.2, 0.25) is 5.02 Å². The summed E-state index contributed by atoms with van der Waals surface area (Å²) in [6, 6.07) is 7.63. The van der Waals surface area contributed by atoms with Gasteiger partial charge in [0.1, 0.15) is 11.4 Å². The second kappa shape index (κ2) is 7.83. The third kappa shape index (κ3) is 3.84. The number of rotatable bonds is 5. The Morgan fingerprint density at radius 3 is 3.00 bits per heavy atom. The van der Waals surface area contributed by atoms with Crippen LogP contribution in [0.5, 0.6) is 0 Å². The maximum Gasteiger partial charge on any atom is 0.262 e. The lowest BCUT2D eigenvalue weighted by Gasteiger charge is -2.05. The van der Waals surface area contributed by atoms with Crippen molar-refractivity contribution in [1.82, 2.24) is 14.5 Å². The predicted octanol–water partition coefficient (Wildman–Crippen LogP) is 4.11. The number of hydrogen-bond acceptors (Lipinski definition) is 6. The molecule has 9 heteroatoms. The first-order valence-electron chi connectivity index (χ1n) is 8.42. The molecule has 1 N–H and O–H groups in total. The molecule has 0 saturated carbocycles. The van der Waals surface area contributed by atoms with E-state index in [1.54, 1.807) is 17.6 Å². The molecule has 0 fully saturated rings. The van der Waals surface area contributed by atoms with E-state index >= 15 is 0 Å². The molecule has 1 aromatic carbocycles. The maximum absolute atomic E-state index is 12.4. The third-order valence-corrected chi connectivity index (χ3v) is 6.48. The summed E-state index contributed by atoms with van der Waals surface area (Å²) in [7, 11) is 0. The average molecular weight is 431 g/mol. The zero-order chi connectivity index (χ0) is 19.7. The van der Waals surface area contributed by atoms with Crippen molar-refractivity contribution in [1.29, 1.82) is 0 Å². The number of nitrogens with one attached hydrogen (secondary N) is 1. The minimum Gasteiger partial charge on any atom is -0.300 e. The standard InChI is InChI=1S/C19H15ClN4O2S2/c1-11-3-2-4-12(16(11)20)7-13-8-21-19(28-13)23-15(25)9-24-10-22-17-14(18(24)26)5-6-27-17/h2-6,8,10H,7,9H2,1H3,(H,21,23,25). The molecule has 6 nitrogen and oxygen atoms in total. The second-order valence-electron chi connectivity index (χ2n) is 6.22. The summed E-state index contributed by atoms with van der Waals surface area (Å²) < 4.78 is 1.30. The third-order valence-electron chi connectivity index (χ3n) is 4.20. The molecular formula is C19H15ClN4O2S2. The van der Waals surface area contributed by atoms with Crippen LogP contribution in [0.3, 0.4) is 0 Å². The monoisotopic (exact) mass is 430 g/mol. The Balaban J connectivity index is 1.44. The van der Waals surface area contributed by atoms with Gasteiger partial charge in [-0.15, -0.1) is 22.7 Å². The number of carbonyl (C=O) groups is 1. The lowest BCUT2D eigenvalue weighted by atomic mass is 10.1. The van der Waals surface area contributed by atoms with Crippen LogP contribution in [-0.4, -0.2) is 20.4 Å². The minimum absolute atomic E-state index is 0.115. The second-order valence-corrected chi connectivity index (χ2v) is 8.61. The van der Waals surface area contributed by atoms with E-state index in [1.165, 1.54) is 33.6 Å². The first-order valence-corrected chi connectivity index (χ1v) is 10.5. The number of thiophene rings is 1. The van der Waals surface area contributed by atoms with Gasteiger partial charge in [0.25, 0.3) is 5.56 Å². The van der Waals surface area contributed by atoms with Gasteiger partial charge in [-0.3, -0.25) is 14.2 Å². The molecule has 0 atom stereocenters. The fourth-order valence-corrected chi connectivity index (χ4v) is 4.57. The number of amides is 1. The van der Waals surface area contributed by atoms with Crippen molar-refractivity contribution in [3.05, 3.63) is 73.6 Å². The first kappa shape index (κ1) is 18.8. The number of aromatic nitrogens is 3. The van der Waals surface area contributed by atoms with Crippen LogP contribution in [0.15, 0.2) is 47.0 Å². The summed E-state index contributed by atoms with van der Waals surface area (Å²) in [5, 5.41) is 6.30. The number of fused-ring (bicyclic) bond motifs is 1. The smallest absolute Gasteiger partial charge is 0.262 e. The summed E-state index contributed by atoms with van der Waals surface area (Å²) in [6.07, 6.45) is 3.77. The number of aryl methyl sites for hydroxylation is 1. The molecule has 0 unspecified atom stereocenters. The van der Waals surface area contributed by atoms with Crippen molar-refractivity contribution >= 4 is 55.5 Å². The maximum atomic E-state index is 12.4. The first-order chi connectivity index (χ1) is 13.5. The van der Waals surface area contributed by atoms with Gasteiger partial charge in [-0.2, -0.15) is 0 Å². The molecular weight excluding hydrogens is 416 g/mol. The Labute approximate surface area is 173 Å². The Hall–Kier alpha value is -2.55. The Morgan fingerprint density at radius 1 is 1.29 bits per heavy atom. The Kier molecular flexibility index (Phi) is 5.25. The van der Waals surface area contributed by atoms with Gasteiger partial charge in [-0.1, -0.05) is 29.8 Å². The van der Waals surface area contributed by atoms with Crippen LogP contribution >= 0.6 is 34.3 Å². The van der Waals surface area contributed by atoms with E-state index in [1.807, 2.05) is 25.1 Å². The fourth-order valence-electron chi connectivity index (χ4n) is 2.80. The summed E-state index contributed by atoms with van der Waals surface area (Å²) in [4.78, 5) is 34.8. The van der Waals surface area contributed by atoms with Crippen molar-refractivity contribution in [3.8, 4) is 0 Å². The SMILES string of the molecule is Cc1cccc(Cc2cnc(NC(=O)Cn3cnc4sccc4c3=O)s2)c1Cl.